The number of nitrogens with zero attached hydrogens (tertiary/aromatic N) is 1. The van der Waals surface area contributed by atoms with Gasteiger partial charge in [-0.25, -0.2) is 0 Å². The molecular formula is C15H24N2. The van der Waals surface area contributed by atoms with Crippen LogP contribution in [-0.2, 0) is 6.54 Å². The quantitative estimate of drug-likeness (QED) is 0.858. The van der Waals surface area contributed by atoms with Crippen LogP contribution >= 0.6 is 0 Å². The molecule has 0 radical (unpaired) electrons. The first-order valence-corrected chi connectivity index (χ1v) is 6.75. The monoisotopic (exact) mass is 232 g/mol. The molecule has 0 spiro atoms. The van der Waals surface area contributed by atoms with Gasteiger partial charge in [0.15, 0.2) is 0 Å². The molecule has 0 amide bonds. The Labute approximate surface area is 105 Å². The van der Waals surface area contributed by atoms with Crippen molar-refractivity contribution in [1.82, 2.24) is 10.2 Å². The Morgan fingerprint density at radius 3 is 2.65 bits per heavy atom. The van der Waals surface area contributed by atoms with Crippen molar-refractivity contribution in [1.29, 1.82) is 0 Å². The molecule has 1 saturated heterocycles. The lowest BCUT2D eigenvalue weighted by atomic mass is 9.92. The summed E-state index contributed by atoms with van der Waals surface area (Å²) < 4.78 is 0. The van der Waals surface area contributed by atoms with Crippen molar-refractivity contribution < 1.29 is 0 Å². The first-order valence-electron chi connectivity index (χ1n) is 6.75. The zero-order valence-electron chi connectivity index (χ0n) is 11.0. The van der Waals surface area contributed by atoms with Gasteiger partial charge in [-0.15, -0.1) is 0 Å². The second kappa shape index (κ2) is 6.18. The van der Waals surface area contributed by atoms with E-state index >= 15 is 0 Å². The molecule has 1 fully saturated rings. The van der Waals surface area contributed by atoms with Gasteiger partial charge in [0.25, 0.3) is 0 Å². The van der Waals surface area contributed by atoms with Gasteiger partial charge in [-0.3, -0.25) is 4.90 Å². The van der Waals surface area contributed by atoms with Crippen LogP contribution in [0.4, 0.5) is 0 Å². The maximum Gasteiger partial charge on any atom is 0.0234 e. The van der Waals surface area contributed by atoms with Crippen molar-refractivity contribution in [2.24, 2.45) is 5.92 Å². The largest absolute Gasteiger partial charge is 0.316 e. The highest BCUT2D eigenvalue weighted by atomic mass is 15.2. The van der Waals surface area contributed by atoms with Gasteiger partial charge in [-0.1, -0.05) is 43.7 Å². The number of rotatable bonds is 4. The number of benzene rings is 1. The number of hydrogen-bond donors (Lipinski definition) is 1. The van der Waals surface area contributed by atoms with E-state index < -0.39 is 0 Å². The topological polar surface area (TPSA) is 15.3 Å². The molecule has 1 aliphatic rings. The first-order chi connectivity index (χ1) is 8.31. The van der Waals surface area contributed by atoms with Crippen molar-refractivity contribution in [3.8, 4) is 0 Å². The molecule has 1 aromatic carbocycles. The summed E-state index contributed by atoms with van der Waals surface area (Å²) in [6, 6.07) is 11.5. The molecule has 0 saturated carbocycles. The molecule has 0 bridgehead atoms. The van der Waals surface area contributed by atoms with Crippen LogP contribution in [-0.4, -0.2) is 31.1 Å². The first kappa shape index (κ1) is 12.6. The highest BCUT2D eigenvalue weighted by molar-refractivity contribution is 5.14. The molecule has 2 nitrogen and oxygen atoms in total. The van der Waals surface area contributed by atoms with Gasteiger partial charge < -0.3 is 5.32 Å². The fourth-order valence-corrected chi connectivity index (χ4v) is 2.78. The molecule has 1 aliphatic heterocycles. The molecule has 17 heavy (non-hydrogen) atoms. The zero-order chi connectivity index (χ0) is 12.1. The molecule has 0 aliphatic carbocycles. The van der Waals surface area contributed by atoms with Gasteiger partial charge in [0.05, 0.1) is 0 Å². The Kier molecular flexibility index (Phi) is 4.57. The van der Waals surface area contributed by atoms with E-state index in [1.165, 1.54) is 31.5 Å². The van der Waals surface area contributed by atoms with Gasteiger partial charge in [0.1, 0.15) is 0 Å². The van der Waals surface area contributed by atoms with Gasteiger partial charge in [-0.2, -0.15) is 0 Å². The van der Waals surface area contributed by atoms with E-state index in [-0.39, 0.29) is 0 Å². The third-order valence-corrected chi connectivity index (χ3v) is 3.85. The zero-order valence-corrected chi connectivity index (χ0v) is 11.0. The van der Waals surface area contributed by atoms with Crippen molar-refractivity contribution >= 4 is 0 Å². The Balaban J connectivity index is 1.95. The lowest BCUT2D eigenvalue weighted by molar-refractivity contribution is 0.135. The highest BCUT2D eigenvalue weighted by Gasteiger charge is 2.24. The number of hydrogen-bond acceptors (Lipinski definition) is 2. The fraction of sp³-hybridized carbons (Fsp3) is 0.600. The van der Waals surface area contributed by atoms with E-state index in [1.807, 2.05) is 0 Å². The molecule has 2 unspecified atom stereocenters. The molecule has 2 rings (SSSR count). The van der Waals surface area contributed by atoms with E-state index in [0.29, 0.717) is 6.04 Å². The standard InChI is InChI=1S/C15H24N2/c1-3-13-9-15(16-2)12-17(10-13)11-14-7-5-4-6-8-14/h4-8,13,15-16H,3,9-12H2,1-2H3. The molecular weight excluding hydrogens is 208 g/mol. The Morgan fingerprint density at radius 2 is 2.00 bits per heavy atom. The third kappa shape index (κ3) is 3.55. The molecule has 2 atom stereocenters. The molecule has 1 aromatic rings. The summed E-state index contributed by atoms with van der Waals surface area (Å²) in [4.78, 5) is 2.59. The van der Waals surface area contributed by atoms with Crippen LogP contribution in [0.2, 0.25) is 0 Å². The molecule has 0 aromatic heterocycles. The van der Waals surface area contributed by atoms with E-state index in [4.69, 9.17) is 0 Å². The number of nitrogens with one attached hydrogen (secondary N) is 1. The summed E-state index contributed by atoms with van der Waals surface area (Å²) in [5.74, 6) is 0.852. The predicted molar refractivity (Wildman–Crippen MR) is 73.0 cm³/mol. The minimum atomic E-state index is 0.664. The summed E-state index contributed by atoms with van der Waals surface area (Å²) in [5, 5.41) is 3.44. The van der Waals surface area contributed by atoms with E-state index in [1.54, 1.807) is 0 Å². The van der Waals surface area contributed by atoms with Crippen molar-refractivity contribution in [2.75, 3.05) is 20.1 Å². The molecule has 2 heteroatoms. The second-order valence-electron chi connectivity index (χ2n) is 5.18. The molecule has 1 N–H and O–H groups in total. The number of likely N-dealkylation sites (N-methyl/N-ethyl adjacent to an activating group) is 1. The maximum absolute atomic E-state index is 3.44. The SMILES string of the molecule is CCC1CC(NC)CN(Cc2ccccc2)C1. The second-order valence-corrected chi connectivity index (χ2v) is 5.18. The van der Waals surface area contributed by atoms with Gasteiger partial charge in [0, 0.05) is 25.7 Å². The van der Waals surface area contributed by atoms with Crippen molar-refractivity contribution in [3.63, 3.8) is 0 Å². The summed E-state index contributed by atoms with van der Waals surface area (Å²) >= 11 is 0. The van der Waals surface area contributed by atoms with Crippen LogP contribution in [0.15, 0.2) is 30.3 Å². The van der Waals surface area contributed by atoms with Gasteiger partial charge in [-0.05, 0) is 24.9 Å². The number of piperidine rings is 1. The number of likely N-dealkylation sites (tertiary alicyclic amines) is 1. The lowest BCUT2D eigenvalue weighted by Crippen LogP contribution is -2.47. The van der Waals surface area contributed by atoms with E-state index in [2.05, 4.69) is 54.5 Å². The Morgan fingerprint density at radius 1 is 1.24 bits per heavy atom. The Hall–Kier alpha value is -0.860. The van der Waals surface area contributed by atoms with Crippen LogP contribution in [0.5, 0.6) is 0 Å². The van der Waals surface area contributed by atoms with Crippen LogP contribution in [0.1, 0.15) is 25.3 Å². The van der Waals surface area contributed by atoms with Crippen LogP contribution in [0.25, 0.3) is 0 Å². The lowest BCUT2D eigenvalue weighted by Gasteiger charge is -2.37. The summed E-state index contributed by atoms with van der Waals surface area (Å²) in [6.07, 6.45) is 2.63. The van der Waals surface area contributed by atoms with E-state index in [0.717, 1.165) is 12.5 Å². The summed E-state index contributed by atoms with van der Waals surface area (Å²) in [6.45, 7) is 5.84. The average Bonchev–Trinajstić information content (AvgIpc) is 2.39. The minimum Gasteiger partial charge on any atom is -0.316 e. The van der Waals surface area contributed by atoms with Crippen molar-refractivity contribution in [3.05, 3.63) is 35.9 Å². The van der Waals surface area contributed by atoms with Crippen LogP contribution in [0.3, 0.4) is 0 Å². The van der Waals surface area contributed by atoms with Crippen LogP contribution < -0.4 is 5.32 Å². The average molecular weight is 232 g/mol. The summed E-state index contributed by atoms with van der Waals surface area (Å²) in [5.41, 5.74) is 1.43. The van der Waals surface area contributed by atoms with E-state index in [9.17, 15) is 0 Å². The van der Waals surface area contributed by atoms with Crippen molar-refractivity contribution in [2.45, 2.75) is 32.4 Å². The normalized spacial score (nSPS) is 26.0. The highest BCUT2D eigenvalue weighted by Crippen LogP contribution is 2.21. The predicted octanol–water partition coefficient (Wildman–Crippen LogP) is 2.51. The smallest absolute Gasteiger partial charge is 0.0234 e. The molecule has 1 heterocycles. The fourth-order valence-electron chi connectivity index (χ4n) is 2.78. The van der Waals surface area contributed by atoms with Gasteiger partial charge in [0.2, 0.25) is 0 Å². The minimum absolute atomic E-state index is 0.664. The third-order valence-electron chi connectivity index (χ3n) is 3.85. The van der Waals surface area contributed by atoms with Crippen LogP contribution in [0, 0.1) is 5.92 Å². The maximum atomic E-state index is 3.44. The van der Waals surface area contributed by atoms with Gasteiger partial charge >= 0.3 is 0 Å². The Bertz CT molecular complexity index is 311. The summed E-state index contributed by atoms with van der Waals surface area (Å²) in [7, 11) is 2.09. The molecule has 94 valence electrons.